The third-order valence-corrected chi connectivity index (χ3v) is 3.30. The van der Waals surface area contributed by atoms with Gasteiger partial charge in [-0.2, -0.15) is 0 Å². The first kappa shape index (κ1) is 13.1. The molecule has 0 saturated carbocycles. The standard InChI is InChI=1S/C16H12FN3O/c1-10(16(18)21)11-2-3-15-12(6-11)4-5-20(15)14-7-13(17)8-19-9-14/h2-9H,1H2,(H2,18,21). The molecule has 0 unspecified atom stereocenters. The van der Waals surface area contributed by atoms with Crippen molar-refractivity contribution >= 4 is 22.4 Å². The minimum Gasteiger partial charge on any atom is -0.366 e. The number of carbonyl (C=O) groups excluding carboxylic acids is 1. The van der Waals surface area contributed by atoms with Gasteiger partial charge in [0.25, 0.3) is 0 Å². The van der Waals surface area contributed by atoms with Crippen molar-refractivity contribution in [1.29, 1.82) is 0 Å². The molecule has 0 bridgehead atoms. The van der Waals surface area contributed by atoms with Crippen LogP contribution in [-0.4, -0.2) is 15.5 Å². The van der Waals surface area contributed by atoms with Gasteiger partial charge in [-0.25, -0.2) is 4.39 Å². The van der Waals surface area contributed by atoms with Crippen LogP contribution in [0, 0.1) is 5.82 Å². The van der Waals surface area contributed by atoms with Crippen molar-refractivity contribution in [3.05, 3.63) is 66.9 Å². The fourth-order valence-electron chi connectivity index (χ4n) is 2.23. The Morgan fingerprint density at radius 1 is 1.24 bits per heavy atom. The molecule has 3 aromatic rings. The van der Waals surface area contributed by atoms with E-state index in [0.29, 0.717) is 11.3 Å². The maximum atomic E-state index is 13.3. The van der Waals surface area contributed by atoms with Crippen LogP contribution in [0.3, 0.4) is 0 Å². The third kappa shape index (κ3) is 2.29. The minimum atomic E-state index is -0.553. The first-order chi connectivity index (χ1) is 10.1. The second kappa shape index (κ2) is 4.86. The van der Waals surface area contributed by atoms with Gasteiger partial charge in [0.1, 0.15) is 5.82 Å². The molecule has 4 nitrogen and oxygen atoms in total. The lowest BCUT2D eigenvalue weighted by molar-refractivity contribution is -0.112. The number of halogens is 1. The SMILES string of the molecule is C=C(C(N)=O)c1ccc2c(ccn2-c2cncc(F)c2)c1. The van der Waals surface area contributed by atoms with E-state index in [1.807, 2.05) is 29.0 Å². The van der Waals surface area contributed by atoms with E-state index < -0.39 is 11.7 Å². The van der Waals surface area contributed by atoms with Gasteiger partial charge in [0.2, 0.25) is 5.91 Å². The predicted molar refractivity (Wildman–Crippen MR) is 79.3 cm³/mol. The molecule has 5 heteroatoms. The zero-order chi connectivity index (χ0) is 15.0. The summed E-state index contributed by atoms with van der Waals surface area (Å²) in [5.74, 6) is -0.948. The molecule has 0 spiro atoms. The predicted octanol–water partition coefficient (Wildman–Crippen LogP) is 2.66. The van der Waals surface area contributed by atoms with Crippen LogP contribution < -0.4 is 5.73 Å². The Labute approximate surface area is 120 Å². The number of primary amides is 1. The van der Waals surface area contributed by atoms with Gasteiger partial charge in [-0.1, -0.05) is 12.6 Å². The smallest absolute Gasteiger partial charge is 0.248 e. The Bertz CT molecular complexity index is 867. The molecule has 0 radical (unpaired) electrons. The van der Waals surface area contributed by atoms with Gasteiger partial charge >= 0.3 is 0 Å². The zero-order valence-corrected chi connectivity index (χ0v) is 11.1. The highest BCUT2D eigenvalue weighted by molar-refractivity contribution is 6.18. The summed E-state index contributed by atoms with van der Waals surface area (Å²) < 4.78 is 15.1. The van der Waals surface area contributed by atoms with E-state index in [0.717, 1.165) is 17.1 Å². The molecule has 0 saturated heterocycles. The summed E-state index contributed by atoms with van der Waals surface area (Å²) in [6.45, 7) is 3.67. The van der Waals surface area contributed by atoms with Crippen LogP contribution in [0.2, 0.25) is 0 Å². The van der Waals surface area contributed by atoms with Crippen molar-refractivity contribution in [2.75, 3.05) is 0 Å². The number of hydrogen-bond donors (Lipinski definition) is 1. The Morgan fingerprint density at radius 3 is 2.76 bits per heavy atom. The van der Waals surface area contributed by atoms with Crippen LogP contribution in [0.1, 0.15) is 5.56 Å². The van der Waals surface area contributed by atoms with E-state index in [4.69, 9.17) is 5.73 Å². The van der Waals surface area contributed by atoms with Crippen LogP contribution in [0.4, 0.5) is 4.39 Å². The number of nitrogens with two attached hydrogens (primary N) is 1. The first-order valence-electron chi connectivity index (χ1n) is 6.27. The highest BCUT2D eigenvalue weighted by Gasteiger charge is 2.09. The van der Waals surface area contributed by atoms with Crippen LogP contribution in [0.15, 0.2) is 55.5 Å². The summed E-state index contributed by atoms with van der Waals surface area (Å²) in [5, 5.41) is 0.902. The summed E-state index contributed by atoms with van der Waals surface area (Å²) in [7, 11) is 0. The van der Waals surface area contributed by atoms with Gasteiger partial charge in [-0.05, 0) is 23.8 Å². The lowest BCUT2D eigenvalue weighted by Gasteiger charge is -2.06. The second-order valence-corrected chi connectivity index (χ2v) is 4.66. The molecule has 0 aliphatic heterocycles. The summed E-state index contributed by atoms with van der Waals surface area (Å²) in [5.41, 5.74) is 7.67. The van der Waals surface area contributed by atoms with Crippen molar-refractivity contribution < 1.29 is 9.18 Å². The van der Waals surface area contributed by atoms with E-state index in [-0.39, 0.29) is 5.57 Å². The first-order valence-corrected chi connectivity index (χ1v) is 6.27. The summed E-state index contributed by atoms with van der Waals surface area (Å²) >= 11 is 0. The number of fused-ring (bicyclic) bond motifs is 1. The molecule has 2 heterocycles. The van der Waals surface area contributed by atoms with Crippen molar-refractivity contribution in [3.63, 3.8) is 0 Å². The topological polar surface area (TPSA) is 60.9 Å². The molecular weight excluding hydrogens is 269 g/mol. The zero-order valence-electron chi connectivity index (χ0n) is 11.1. The van der Waals surface area contributed by atoms with Gasteiger partial charge in [0.05, 0.1) is 23.6 Å². The van der Waals surface area contributed by atoms with E-state index in [1.54, 1.807) is 12.3 Å². The summed E-state index contributed by atoms with van der Waals surface area (Å²) in [6.07, 6.45) is 4.56. The van der Waals surface area contributed by atoms with Crippen molar-refractivity contribution in [2.45, 2.75) is 0 Å². The van der Waals surface area contributed by atoms with Gasteiger partial charge in [0, 0.05) is 23.2 Å². The molecular formula is C16H12FN3O. The molecule has 2 aromatic heterocycles. The quantitative estimate of drug-likeness (QED) is 0.750. The van der Waals surface area contributed by atoms with E-state index >= 15 is 0 Å². The van der Waals surface area contributed by atoms with E-state index in [1.165, 1.54) is 6.07 Å². The molecule has 2 N–H and O–H groups in total. The average molecular weight is 281 g/mol. The molecule has 0 fully saturated rings. The van der Waals surface area contributed by atoms with Gasteiger partial charge in [0.15, 0.2) is 0 Å². The number of nitrogens with zero attached hydrogens (tertiary/aromatic N) is 2. The Balaban J connectivity index is 2.12. The molecule has 104 valence electrons. The number of rotatable bonds is 3. The molecule has 0 atom stereocenters. The van der Waals surface area contributed by atoms with Gasteiger partial charge in [-0.15, -0.1) is 0 Å². The maximum Gasteiger partial charge on any atom is 0.248 e. The number of aromatic nitrogens is 2. The number of amides is 1. The molecule has 0 aliphatic rings. The third-order valence-electron chi connectivity index (χ3n) is 3.30. The van der Waals surface area contributed by atoms with Gasteiger partial charge < -0.3 is 10.3 Å². The normalized spacial score (nSPS) is 10.7. The van der Waals surface area contributed by atoms with Crippen LogP contribution >= 0.6 is 0 Å². The molecule has 1 aromatic carbocycles. The fourth-order valence-corrected chi connectivity index (χ4v) is 2.23. The Kier molecular flexibility index (Phi) is 3.02. The van der Waals surface area contributed by atoms with E-state index in [9.17, 15) is 9.18 Å². The Morgan fingerprint density at radius 2 is 2.05 bits per heavy atom. The Hall–Kier alpha value is -2.95. The number of pyridine rings is 1. The number of carbonyl (C=O) groups is 1. The monoisotopic (exact) mass is 281 g/mol. The number of benzene rings is 1. The van der Waals surface area contributed by atoms with Crippen LogP contribution in [-0.2, 0) is 4.79 Å². The van der Waals surface area contributed by atoms with Crippen molar-refractivity contribution in [1.82, 2.24) is 9.55 Å². The van der Waals surface area contributed by atoms with Crippen molar-refractivity contribution in [3.8, 4) is 5.69 Å². The lowest BCUT2D eigenvalue weighted by atomic mass is 10.1. The van der Waals surface area contributed by atoms with Crippen LogP contribution in [0.25, 0.3) is 22.2 Å². The molecule has 1 amide bonds. The fraction of sp³-hybridized carbons (Fsp3) is 0. The van der Waals surface area contributed by atoms with Crippen molar-refractivity contribution in [2.24, 2.45) is 5.73 Å². The molecule has 0 aliphatic carbocycles. The molecule has 3 rings (SSSR count). The highest BCUT2D eigenvalue weighted by atomic mass is 19.1. The average Bonchev–Trinajstić information content (AvgIpc) is 2.89. The largest absolute Gasteiger partial charge is 0.366 e. The highest BCUT2D eigenvalue weighted by Crippen LogP contribution is 2.24. The van der Waals surface area contributed by atoms with E-state index in [2.05, 4.69) is 11.6 Å². The second-order valence-electron chi connectivity index (χ2n) is 4.66. The minimum absolute atomic E-state index is 0.261. The summed E-state index contributed by atoms with van der Waals surface area (Å²) in [6, 6.07) is 8.70. The van der Waals surface area contributed by atoms with Gasteiger partial charge in [-0.3, -0.25) is 9.78 Å². The summed E-state index contributed by atoms with van der Waals surface area (Å²) in [4.78, 5) is 15.0. The maximum absolute atomic E-state index is 13.3. The lowest BCUT2D eigenvalue weighted by Crippen LogP contribution is -2.11. The molecule has 21 heavy (non-hydrogen) atoms. The van der Waals surface area contributed by atoms with Crippen LogP contribution in [0.5, 0.6) is 0 Å². The number of hydrogen-bond acceptors (Lipinski definition) is 2.